The zero-order valence-electron chi connectivity index (χ0n) is 17.5. The van der Waals surface area contributed by atoms with E-state index in [2.05, 4.69) is 56.6 Å². The van der Waals surface area contributed by atoms with E-state index in [1.165, 1.54) is 16.8 Å². The Hall–Kier alpha value is -2.49. The van der Waals surface area contributed by atoms with Gasteiger partial charge in [0.2, 0.25) is 0 Å². The molecule has 2 aliphatic rings. The van der Waals surface area contributed by atoms with Gasteiger partial charge in [0.1, 0.15) is 11.6 Å². The van der Waals surface area contributed by atoms with Gasteiger partial charge >= 0.3 is 0 Å². The van der Waals surface area contributed by atoms with Gasteiger partial charge in [0.25, 0.3) is 0 Å². The average molecular weight is 376 g/mol. The lowest BCUT2D eigenvalue weighted by Gasteiger charge is -2.48. The summed E-state index contributed by atoms with van der Waals surface area (Å²) in [6.07, 6.45) is 2.18. The van der Waals surface area contributed by atoms with Crippen LogP contribution in [0, 0.1) is 6.92 Å². The maximum Gasteiger partial charge on any atom is 0.142 e. The van der Waals surface area contributed by atoms with E-state index >= 15 is 0 Å². The molecule has 5 rings (SSSR count). The van der Waals surface area contributed by atoms with Gasteiger partial charge in [0, 0.05) is 24.3 Å². The molecule has 28 heavy (non-hydrogen) atoms. The number of phenols is 1. The number of aryl methyl sites for hydroxylation is 1. The van der Waals surface area contributed by atoms with E-state index in [1.807, 2.05) is 12.1 Å². The molecule has 0 radical (unpaired) electrons. The third kappa shape index (κ3) is 2.33. The number of imidazole rings is 1. The minimum Gasteiger partial charge on any atom is -0.507 e. The topological polar surface area (TPSA) is 52.2 Å². The van der Waals surface area contributed by atoms with Crippen LogP contribution in [0.15, 0.2) is 24.3 Å². The zero-order chi connectivity index (χ0) is 19.8. The Bertz CT molecular complexity index is 1100. The zero-order valence-corrected chi connectivity index (χ0v) is 17.5. The van der Waals surface area contributed by atoms with Crippen LogP contribution >= 0.6 is 0 Å². The average Bonchev–Trinajstić information content (AvgIpc) is 3.05. The van der Waals surface area contributed by atoms with E-state index in [9.17, 15) is 5.11 Å². The summed E-state index contributed by atoms with van der Waals surface area (Å²) >= 11 is 0. The summed E-state index contributed by atoms with van der Waals surface area (Å²) in [5, 5.41) is 11.5. The van der Waals surface area contributed by atoms with Gasteiger partial charge in [-0.1, -0.05) is 39.8 Å². The molecule has 0 saturated heterocycles. The Balaban J connectivity index is 1.84. The van der Waals surface area contributed by atoms with Crippen LogP contribution < -0.4 is 4.90 Å². The maximum absolute atomic E-state index is 11.5. The Labute approximate surface area is 166 Å². The van der Waals surface area contributed by atoms with Crippen LogP contribution in [0.2, 0.25) is 0 Å². The van der Waals surface area contributed by atoms with E-state index in [-0.39, 0.29) is 10.8 Å². The molecule has 0 spiro atoms. The van der Waals surface area contributed by atoms with Crippen LogP contribution in [0.1, 0.15) is 57.2 Å². The number of rotatable bonds is 1. The number of anilines is 1. The summed E-state index contributed by atoms with van der Waals surface area (Å²) in [5.41, 5.74) is 7.71. The summed E-state index contributed by atoms with van der Waals surface area (Å²) in [5.74, 6) is 1.15. The first kappa shape index (κ1) is 17.6. The Morgan fingerprint density at radius 2 is 1.79 bits per heavy atom. The van der Waals surface area contributed by atoms with Crippen LogP contribution in [-0.4, -0.2) is 28.2 Å². The van der Waals surface area contributed by atoms with Gasteiger partial charge in [-0.3, -0.25) is 0 Å². The molecule has 2 N–H and O–H groups in total. The van der Waals surface area contributed by atoms with Crippen molar-refractivity contribution in [3.8, 4) is 17.1 Å². The number of hydrogen-bond donors (Lipinski definition) is 2. The molecule has 0 fully saturated rings. The first-order valence-electron chi connectivity index (χ1n) is 10.3. The number of phenolic OH excluding ortho intramolecular Hbond substituents is 1. The second kappa shape index (κ2) is 5.53. The second-order valence-corrected chi connectivity index (χ2v) is 9.85. The molecule has 3 aromatic rings. The Morgan fingerprint density at radius 1 is 1.07 bits per heavy atom. The van der Waals surface area contributed by atoms with Crippen molar-refractivity contribution in [1.29, 1.82) is 0 Å². The van der Waals surface area contributed by atoms with E-state index in [0.29, 0.717) is 5.75 Å². The molecular formula is C24H29N3O. The van der Waals surface area contributed by atoms with Crippen LogP contribution in [0.5, 0.6) is 5.75 Å². The highest BCUT2D eigenvalue weighted by Gasteiger charge is 2.42. The van der Waals surface area contributed by atoms with E-state index in [1.54, 1.807) is 0 Å². The van der Waals surface area contributed by atoms with Gasteiger partial charge < -0.3 is 15.0 Å². The van der Waals surface area contributed by atoms with Crippen molar-refractivity contribution in [2.24, 2.45) is 0 Å². The molecule has 0 bridgehead atoms. The molecule has 4 heteroatoms. The quantitative estimate of drug-likeness (QED) is 0.598. The predicted octanol–water partition coefficient (Wildman–Crippen LogP) is 5.41. The fourth-order valence-electron chi connectivity index (χ4n) is 5.05. The first-order chi connectivity index (χ1) is 13.2. The lowest BCUT2D eigenvalue weighted by atomic mass is 9.68. The van der Waals surface area contributed by atoms with Crippen molar-refractivity contribution in [3.63, 3.8) is 0 Å². The van der Waals surface area contributed by atoms with Crippen LogP contribution in [0.4, 0.5) is 5.69 Å². The molecule has 0 aliphatic carbocycles. The highest BCUT2D eigenvalue weighted by molar-refractivity contribution is 5.86. The number of fused-ring (bicyclic) bond motifs is 1. The van der Waals surface area contributed by atoms with Crippen molar-refractivity contribution >= 4 is 16.7 Å². The molecular weight excluding hydrogens is 346 g/mol. The van der Waals surface area contributed by atoms with Crippen LogP contribution in [-0.2, 0) is 10.8 Å². The van der Waals surface area contributed by atoms with E-state index in [4.69, 9.17) is 4.98 Å². The fraction of sp³-hybridized carbons (Fsp3) is 0.458. The third-order valence-corrected chi connectivity index (χ3v) is 6.99. The van der Waals surface area contributed by atoms with Crippen molar-refractivity contribution in [3.05, 3.63) is 41.0 Å². The number of para-hydroxylation sites is 1. The van der Waals surface area contributed by atoms with E-state index < -0.39 is 0 Å². The smallest absolute Gasteiger partial charge is 0.142 e. The highest BCUT2D eigenvalue weighted by atomic mass is 16.3. The number of benzene rings is 2. The number of aromatic hydroxyl groups is 1. The fourth-order valence-corrected chi connectivity index (χ4v) is 5.05. The monoisotopic (exact) mass is 375 g/mol. The molecule has 0 saturated carbocycles. The normalized spacial score (nSPS) is 19.7. The predicted molar refractivity (Wildman–Crippen MR) is 115 cm³/mol. The van der Waals surface area contributed by atoms with Gasteiger partial charge in [0.05, 0.1) is 16.6 Å². The van der Waals surface area contributed by atoms with E-state index in [0.717, 1.165) is 53.9 Å². The summed E-state index contributed by atoms with van der Waals surface area (Å²) < 4.78 is 0. The number of H-pyrrole nitrogens is 1. The summed E-state index contributed by atoms with van der Waals surface area (Å²) in [6, 6.07) is 8.33. The Morgan fingerprint density at radius 3 is 2.50 bits per heavy atom. The van der Waals surface area contributed by atoms with Gasteiger partial charge in [0.15, 0.2) is 0 Å². The lowest BCUT2D eigenvalue weighted by molar-refractivity contribution is 0.379. The largest absolute Gasteiger partial charge is 0.507 e. The SMILES string of the molecule is Cc1cccc2nc(-c3cc4c5c(c3O)C(C)(C)CCN5CCC4(C)C)[nH]c12. The van der Waals surface area contributed by atoms with Crippen LogP contribution in [0.3, 0.4) is 0 Å². The second-order valence-electron chi connectivity index (χ2n) is 9.85. The minimum atomic E-state index is -0.0595. The molecule has 0 amide bonds. The van der Waals surface area contributed by atoms with Gasteiger partial charge in [-0.2, -0.15) is 0 Å². The summed E-state index contributed by atoms with van der Waals surface area (Å²) in [6.45, 7) is 13.4. The summed E-state index contributed by atoms with van der Waals surface area (Å²) in [7, 11) is 0. The van der Waals surface area contributed by atoms with Gasteiger partial charge in [-0.05, 0) is 53.9 Å². The van der Waals surface area contributed by atoms with Crippen molar-refractivity contribution < 1.29 is 5.11 Å². The first-order valence-corrected chi connectivity index (χ1v) is 10.3. The third-order valence-electron chi connectivity index (χ3n) is 6.99. The van der Waals surface area contributed by atoms with Crippen molar-refractivity contribution in [1.82, 2.24) is 9.97 Å². The molecule has 2 aliphatic heterocycles. The van der Waals surface area contributed by atoms with Gasteiger partial charge in [-0.15, -0.1) is 0 Å². The number of hydrogen-bond acceptors (Lipinski definition) is 3. The van der Waals surface area contributed by atoms with Gasteiger partial charge in [-0.25, -0.2) is 4.98 Å². The number of aromatic amines is 1. The Kier molecular flexibility index (Phi) is 3.47. The number of nitrogens with one attached hydrogen (secondary N) is 1. The minimum absolute atomic E-state index is 0.0595. The van der Waals surface area contributed by atoms with Crippen molar-refractivity contribution in [2.45, 2.75) is 58.3 Å². The molecule has 4 nitrogen and oxygen atoms in total. The number of aromatic nitrogens is 2. The maximum atomic E-state index is 11.5. The molecule has 1 aromatic heterocycles. The molecule has 2 aromatic carbocycles. The number of nitrogens with zero attached hydrogens (tertiary/aromatic N) is 2. The summed E-state index contributed by atoms with van der Waals surface area (Å²) in [4.78, 5) is 10.8. The van der Waals surface area contributed by atoms with Crippen molar-refractivity contribution in [2.75, 3.05) is 18.0 Å². The molecule has 0 atom stereocenters. The highest BCUT2D eigenvalue weighted by Crippen LogP contribution is 2.54. The lowest BCUT2D eigenvalue weighted by Crippen LogP contribution is -2.44. The molecule has 3 heterocycles. The standard InChI is InChI=1S/C24H29N3O/c1-14-7-6-8-17-19(14)26-22(25-17)15-13-16-20-18(21(15)28)24(4,5)10-12-27(20)11-9-23(16,2)3/h6-8,13,28H,9-12H2,1-5H3,(H,25,26). The molecule has 146 valence electrons. The molecule has 0 unspecified atom stereocenters. The van der Waals surface area contributed by atoms with Crippen LogP contribution in [0.25, 0.3) is 22.4 Å².